The van der Waals surface area contributed by atoms with Crippen LogP contribution in [0.2, 0.25) is 0 Å². The number of benzene rings is 1. The molecule has 1 aromatic carbocycles. The predicted octanol–water partition coefficient (Wildman–Crippen LogP) is 2.87. The second-order valence-corrected chi connectivity index (χ2v) is 8.04. The summed E-state index contributed by atoms with van der Waals surface area (Å²) in [4.78, 5) is 15.0. The zero-order chi connectivity index (χ0) is 20.8. The van der Waals surface area contributed by atoms with Crippen LogP contribution in [0.4, 0.5) is 10.2 Å². The lowest BCUT2D eigenvalue weighted by Gasteiger charge is -2.38. The van der Waals surface area contributed by atoms with Crippen LogP contribution in [0.3, 0.4) is 0 Å². The number of nitrogens with one attached hydrogen (secondary N) is 1. The summed E-state index contributed by atoms with van der Waals surface area (Å²) in [6, 6.07) is 5.17. The predicted molar refractivity (Wildman–Crippen MR) is 109 cm³/mol. The molecule has 5 rings (SSSR count). The fraction of sp³-hybridized carbons (Fsp3) is 0.429. The smallest absolute Gasteiger partial charge is 0.258 e. The highest BCUT2D eigenvalue weighted by Gasteiger charge is 2.43. The molecule has 3 aromatic rings. The minimum Gasteiger partial charge on any atom is -0.507 e. The Morgan fingerprint density at radius 1 is 1.23 bits per heavy atom. The monoisotopic (exact) mass is 410 g/mol. The molecule has 0 saturated carbocycles. The van der Waals surface area contributed by atoms with Crippen LogP contribution < -0.4 is 10.2 Å². The topological polar surface area (TPSA) is 100 Å². The van der Waals surface area contributed by atoms with E-state index >= 15 is 0 Å². The molecule has 2 aromatic heterocycles. The van der Waals surface area contributed by atoms with Gasteiger partial charge in [-0.3, -0.25) is 4.98 Å². The number of fused-ring (bicyclic) bond motifs is 2. The highest BCUT2D eigenvalue weighted by atomic mass is 19.1. The van der Waals surface area contributed by atoms with Gasteiger partial charge in [0.1, 0.15) is 17.7 Å². The highest BCUT2D eigenvalue weighted by Crippen LogP contribution is 2.34. The van der Waals surface area contributed by atoms with Crippen LogP contribution in [0.5, 0.6) is 5.75 Å². The van der Waals surface area contributed by atoms with Crippen molar-refractivity contribution in [2.24, 2.45) is 0 Å². The summed E-state index contributed by atoms with van der Waals surface area (Å²) in [5.41, 5.74) is 1.69. The van der Waals surface area contributed by atoms with E-state index in [0.29, 0.717) is 40.4 Å². The fourth-order valence-electron chi connectivity index (χ4n) is 4.46. The average Bonchev–Trinajstić information content (AvgIpc) is 3.37. The minimum absolute atomic E-state index is 0.0394. The average molecular weight is 410 g/mol. The number of hydrogen-bond acceptors (Lipinski definition) is 8. The van der Waals surface area contributed by atoms with Crippen LogP contribution in [0.1, 0.15) is 25.1 Å². The normalized spacial score (nSPS) is 25.4. The third-order valence-electron chi connectivity index (χ3n) is 6.10. The first-order valence-corrected chi connectivity index (χ1v) is 10.1. The molecule has 0 unspecified atom stereocenters. The second-order valence-electron chi connectivity index (χ2n) is 8.04. The van der Waals surface area contributed by atoms with Crippen LogP contribution in [-0.4, -0.2) is 56.6 Å². The van der Waals surface area contributed by atoms with E-state index in [1.807, 2.05) is 11.9 Å². The van der Waals surface area contributed by atoms with Gasteiger partial charge in [0.2, 0.25) is 0 Å². The number of phenolic OH excluding ortho intramolecular Hbond substituents is 1. The number of aryl methyl sites for hydroxylation is 1. The molecule has 2 aliphatic heterocycles. The summed E-state index contributed by atoms with van der Waals surface area (Å²) in [6.07, 6.45) is 4.97. The molecule has 2 saturated heterocycles. The molecule has 8 nitrogen and oxygen atoms in total. The van der Waals surface area contributed by atoms with Crippen molar-refractivity contribution >= 4 is 5.82 Å². The van der Waals surface area contributed by atoms with Gasteiger partial charge in [-0.05, 0) is 44.4 Å². The molecule has 2 fully saturated rings. The summed E-state index contributed by atoms with van der Waals surface area (Å²) >= 11 is 0. The molecule has 156 valence electrons. The summed E-state index contributed by atoms with van der Waals surface area (Å²) in [5.74, 6) is 1.52. The van der Waals surface area contributed by atoms with Crippen molar-refractivity contribution in [1.29, 1.82) is 0 Å². The number of phenols is 1. The number of hydrogen-bond donors (Lipinski definition) is 2. The zero-order valence-corrected chi connectivity index (χ0v) is 16.8. The third kappa shape index (κ3) is 3.28. The highest BCUT2D eigenvalue weighted by molar-refractivity contribution is 5.71. The van der Waals surface area contributed by atoms with Gasteiger partial charge >= 0.3 is 0 Å². The van der Waals surface area contributed by atoms with Crippen molar-refractivity contribution in [3.05, 3.63) is 36.4 Å². The zero-order valence-electron chi connectivity index (χ0n) is 16.8. The maximum absolute atomic E-state index is 14.8. The van der Waals surface area contributed by atoms with Crippen LogP contribution in [0.25, 0.3) is 22.7 Å². The third-order valence-corrected chi connectivity index (χ3v) is 6.10. The van der Waals surface area contributed by atoms with E-state index in [4.69, 9.17) is 4.52 Å². The molecule has 4 heterocycles. The largest absolute Gasteiger partial charge is 0.507 e. The van der Waals surface area contributed by atoms with Crippen LogP contribution >= 0.6 is 0 Å². The molecule has 0 aliphatic carbocycles. The Labute approximate surface area is 173 Å². The molecule has 4 atom stereocenters. The summed E-state index contributed by atoms with van der Waals surface area (Å²) in [6.45, 7) is 1.73. The van der Waals surface area contributed by atoms with Crippen LogP contribution in [0.15, 0.2) is 35.1 Å². The van der Waals surface area contributed by atoms with E-state index in [1.54, 1.807) is 37.5 Å². The second kappa shape index (κ2) is 7.32. The van der Waals surface area contributed by atoms with Crippen molar-refractivity contribution in [1.82, 2.24) is 25.4 Å². The Balaban J connectivity index is 1.36. The van der Waals surface area contributed by atoms with E-state index in [-0.39, 0.29) is 17.8 Å². The SMILES string of the molecule is Cc1noc(-c2ccc(-c3cnc(N(C)[C@@H]4C[C@H]5CC[C@H](N5)[C@@H]4F)cn3)c(O)c2)n1. The van der Waals surface area contributed by atoms with Gasteiger partial charge in [0.25, 0.3) is 5.89 Å². The lowest BCUT2D eigenvalue weighted by molar-refractivity contribution is 0.176. The first kappa shape index (κ1) is 18.9. The van der Waals surface area contributed by atoms with Gasteiger partial charge < -0.3 is 19.8 Å². The van der Waals surface area contributed by atoms with E-state index in [9.17, 15) is 9.50 Å². The number of alkyl halides is 1. The van der Waals surface area contributed by atoms with Gasteiger partial charge in [-0.2, -0.15) is 4.98 Å². The summed E-state index contributed by atoms with van der Waals surface area (Å²) in [7, 11) is 1.87. The van der Waals surface area contributed by atoms with Crippen molar-refractivity contribution in [3.63, 3.8) is 0 Å². The molecule has 2 aliphatic rings. The van der Waals surface area contributed by atoms with Crippen LogP contribution in [0, 0.1) is 6.92 Å². The lowest BCUT2D eigenvalue weighted by Crippen LogP contribution is -2.55. The van der Waals surface area contributed by atoms with E-state index in [1.165, 1.54) is 0 Å². The molecule has 30 heavy (non-hydrogen) atoms. The molecule has 2 N–H and O–H groups in total. The van der Waals surface area contributed by atoms with Gasteiger partial charge in [0, 0.05) is 30.3 Å². The van der Waals surface area contributed by atoms with Gasteiger partial charge in [-0.1, -0.05) is 5.16 Å². The standard InChI is InChI=1S/C21H23FN6O2/c1-11-25-21(30-27-11)12-3-5-14(18(29)7-12)16-9-24-19(10-23-16)28(2)17-8-13-4-6-15(26-13)20(17)22/h3,5,7,9-10,13,15,17,20,26,29H,4,6,8H2,1-2H3/t13-,15+,17-,20+/m1/s1. The molecule has 0 radical (unpaired) electrons. The Hall–Kier alpha value is -3.07. The van der Waals surface area contributed by atoms with Crippen LogP contribution in [-0.2, 0) is 0 Å². The summed E-state index contributed by atoms with van der Waals surface area (Å²) in [5, 5.41) is 17.6. The van der Waals surface area contributed by atoms with Crippen molar-refractivity contribution in [3.8, 4) is 28.5 Å². The van der Waals surface area contributed by atoms with Crippen molar-refractivity contribution < 1.29 is 14.0 Å². The minimum atomic E-state index is -0.930. The summed E-state index contributed by atoms with van der Waals surface area (Å²) < 4.78 is 20.0. The first-order chi connectivity index (χ1) is 14.5. The van der Waals surface area contributed by atoms with Gasteiger partial charge in [-0.15, -0.1) is 0 Å². The lowest BCUT2D eigenvalue weighted by atomic mass is 9.96. The number of anilines is 1. The molecule has 9 heteroatoms. The molecular formula is C21H23FN6O2. The number of aromatic hydroxyl groups is 1. The number of piperidine rings is 1. The van der Waals surface area contributed by atoms with Gasteiger partial charge in [0.15, 0.2) is 5.82 Å². The van der Waals surface area contributed by atoms with Gasteiger partial charge in [0.05, 0.1) is 24.1 Å². The quantitative estimate of drug-likeness (QED) is 0.677. The van der Waals surface area contributed by atoms with Crippen molar-refractivity contribution in [2.75, 3.05) is 11.9 Å². The van der Waals surface area contributed by atoms with E-state index < -0.39 is 6.17 Å². The fourth-order valence-corrected chi connectivity index (χ4v) is 4.46. The Morgan fingerprint density at radius 2 is 2.10 bits per heavy atom. The molecule has 0 amide bonds. The Kier molecular flexibility index (Phi) is 4.62. The maximum atomic E-state index is 14.8. The number of nitrogens with zero attached hydrogens (tertiary/aromatic N) is 5. The van der Waals surface area contributed by atoms with Crippen molar-refractivity contribution in [2.45, 2.75) is 50.5 Å². The number of aromatic nitrogens is 4. The number of rotatable bonds is 4. The first-order valence-electron chi connectivity index (χ1n) is 10.1. The Morgan fingerprint density at radius 3 is 2.80 bits per heavy atom. The molecule has 0 spiro atoms. The molecule has 2 bridgehead atoms. The molecular weight excluding hydrogens is 387 g/mol. The number of halogens is 1. The van der Waals surface area contributed by atoms with E-state index in [0.717, 1.165) is 19.3 Å². The maximum Gasteiger partial charge on any atom is 0.258 e. The van der Waals surface area contributed by atoms with E-state index in [2.05, 4.69) is 25.4 Å². The Bertz CT molecular complexity index is 1060. The van der Waals surface area contributed by atoms with Gasteiger partial charge in [-0.25, -0.2) is 9.37 Å².